The molecule has 6 nitrogen and oxygen atoms in total. The van der Waals surface area contributed by atoms with Crippen LogP contribution in [0.1, 0.15) is 6.92 Å². The first kappa shape index (κ1) is 9.53. The van der Waals surface area contributed by atoms with Crippen molar-refractivity contribution in [2.45, 2.75) is 6.92 Å². The van der Waals surface area contributed by atoms with E-state index in [9.17, 15) is 9.59 Å². The second-order valence-electron chi connectivity index (χ2n) is 1.98. The molecule has 1 rings (SSSR count). The Morgan fingerprint density at radius 1 is 1.46 bits per heavy atom. The van der Waals surface area contributed by atoms with Gasteiger partial charge >= 0.3 is 12.0 Å². The quantitative estimate of drug-likeness (QED) is 0.496. The number of nitrogens with zero attached hydrogens (tertiary/aromatic N) is 3. The van der Waals surface area contributed by atoms with E-state index < -0.39 is 11.8 Å². The van der Waals surface area contributed by atoms with Gasteiger partial charge in [-0.15, -0.1) is 0 Å². The smallest absolute Gasteiger partial charge is 0.382 e. The molecule has 0 saturated heterocycles. The van der Waals surface area contributed by atoms with E-state index in [2.05, 4.69) is 19.7 Å². The van der Waals surface area contributed by atoms with Gasteiger partial charge in [0.15, 0.2) is 0 Å². The van der Waals surface area contributed by atoms with Crippen molar-refractivity contribution in [3.63, 3.8) is 0 Å². The monoisotopic (exact) mass is 201 g/mol. The van der Waals surface area contributed by atoms with E-state index in [-0.39, 0.29) is 11.3 Å². The van der Waals surface area contributed by atoms with Gasteiger partial charge in [0.2, 0.25) is 11.1 Å². The van der Waals surface area contributed by atoms with Gasteiger partial charge in [-0.2, -0.15) is 9.97 Å². The summed E-state index contributed by atoms with van der Waals surface area (Å²) < 4.78 is 4.42. The molecule has 0 aromatic carbocycles. The van der Waals surface area contributed by atoms with Crippen molar-refractivity contribution < 1.29 is 14.3 Å². The van der Waals surface area contributed by atoms with Crippen LogP contribution in [0.5, 0.6) is 6.01 Å². The van der Waals surface area contributed by atoms with Crippen molar-refractivity contribution in [1.82, 2.24) is 15.0 Å². The first-order valence-electron chi connectivity index (χ1n) is 3.17. The summed E-state index contributed by atoms with van der Waals surface area (Å²) in [6.07, 6.45) is 1.07. The number of carbonyl (C=O) groups is 2. The predicted octanol–water partition coefficient (Wildman–Crippen LogP) is 0.0194. The van der Waals surface area contributed by atoms with Crippen LogP contribution in [0.25, 0.3) is 0 Å². The Bertz CT molecular complexity index is 355. The number of hydrogen-bond acceptors (Lipinski definition) is 6. The fourth-order valence-corrected chi connectivity index (χ4v) is 0.582. The van der Waals surface area contributed by atoms with Crippen molar-refractivity contribution in [1.29, 1.82) is 0 Å². The highest BCUT2D eigenvalue weighted by atomic mass is 35.5. The molecule has 0 aliphatic heterocycles. The highest BCUT2D eigenvalue weighted by Crippen LogP contribution is 2.04. The Morgan fingerprint density at radius 2 is 2.15 bits per heavy atom. The lowest BCUT2D eigenvalue weighted by molar-refractivity contribution is -0.146. The Kier molecular flexibility index (Phi) is 2.86. The molecule has 0 saturated carbocycles. The molecule has 68 valence electrons. The zero-order chi connectivity index (χ0) is 9.84. The number of carbonyl (C=O) groups excluding carboxylic acids is 2. The van der Waals surface area contributed by atoms with Gasteiger partial charge in [-0.1, -0.05) is 0 Å². The zero-order valence-corrected chi connectivity index (χ0v) is 7.28. The standard InChI is InChI=1S/C6H4ClN3O3/c1-3(11)4(12)13-6-9-2-8-5(7)10-6/h2H,1H3. The Morgan fingerprint density at radius 3 is 2.69 bits per heavy atom. The lowest BCUT2D eigenvalue weighted by Gasteiger charge is -1.97. The number of aromatic nitrogens is 3. The van der Waals surface area contributed by atoms with Crippen LogP contribution in [-0.4, -0.2) is 26.7 Å². The average molecular weight is 202 g/mol. The van der Waals surface area contributed by atoms with Crippen molar-refractivity contribution in [3.8, 4) is 6.01 Å². The summed E-state index contributed by atoms with van der Waals surface area (Å²) in [6.45, 7) is 1.07. The van der Waals surface area contributed by atoms with E-state index in [0.29, 0.717) is 0 Å². The fourth-order valence-electron chi connectivity index (χ4n) is 0.467. The van der Waals surface area contributed by atoms with Crippen molar-refractivity contribution in [3.05, 3.63) is 11.6 Å². The number of Topliss-reactive ketones (excluding diaryl/α,β-unsaturated/α-hetero) is 1. The maximum absolute atomic E-state index is 10.7. The number of hydrogen-bond donors (Lipinski definition) is 0. The van der Waals surface area contributed by atoms with Crippen LogP contribution in [-0.2, 0) is 9.59 Å². The van der Waals surface area contributed by atoms with Crippen LogP contribution in [0.2, 0.25) is 5.28 Å². The topological polar surface area (TPSA) is 82.0 Å². The van der Waals surface area contributed by atoms with Gasteiger partial charge in [-0.25, -0.2) is 9.78 Å². The first-order chi connectivity index (χ1) is 6.09. The van der Waals surface area contributed by atoms with Gasteiger partial charge in [0.1, 0.15) is 6.33 Å². The van der Waals surface area contributed by atoms with Gasteiger partial charge in [0.25, 0.3) is 0 Å². The molecule has 0 fully saturated rings. The fraction of sp³-hybridized carbons (Fsp3) is 0.167. The molecule has 0 N–H and O–H groups in total. The lowest BCUT2D eigenvalue weighted by atomic mass is 10.5. The molecular weight excluding hydrogens is 198 g/mol. The second-order valence-corrected chi connectivity index (χ2v) is 2.32. The maximum Gasteiger partial charge on any atom is 0.382 e. The second kappa shape index (κ2) is 3.90. The molecule has 0 bridgehead atoms. The van der Waals surface area contributed by atoms with Gasteiger partial charge in [-0.05, 0) is 11.6 Å². The summed E-state index contributed by atoms with van der Waals surface area (Å²) in [5.74, 6) is -1.78. The molecule has 0 unspecified atom stereocenters. The third-order valence-electron chi connectivity index (χ3n) is 0.992. The highest BCUT2D eigenvalue weighted by molar-refractivity contribution is 6.33. The number of esters is 1. The van der Waals surface area contributed by atoms with Crippen LogP contribution in [0, 0.1) is 0 Å². The molecule has 0 radical (unpaired) electrons. The summed E-state index contributed by atoms with van der Waals surface area (Å²) in [5, 5.41) is -0.110. The lowest BCUT2D eigenvalue weighted by Crippen LogP contribution is -2.18. The maximum atomic E-state index is 10.7. The summed E-state index contributed by atoms with van der Waals surface area (Å²) in [4.78, 5) is 31.5. The van der Waals surface area contributed by atoms with Crippen molar-refractivity contribution in [2.75, 3.05) is 0 Å². The third-order valence-corrected chi connectivity index (χ3v) is 1.17. The van der Waals surface area contributed by atoms with E-state index in [4.69, 9.17) is 11.6 Å². The molecule has 7 heteroatoms. The molecule has 1 heterocycles. The van der Waals surface area contributed by atoms with Crippen LogP contribution in [0.15, 0.2) is 6.33 Å². The SMILES string of the molecule is CC(=O)C(=O)Oc1ncnc(Cl)n1. The molecule has 1 aromatic rings. The molecule has 0 aliphatic carbocycles. The predicted molar refractivity (Wildman–Crippen MR) is 41.2 cm³/mol. The van der Waals surface area contributed by atoms with Crippen LogP contribution in [0.4, 0.5) is 0 Å². The van der Waals surface area contributed by atoms with Crippen molar-refractivity contribution >= 4 is 23.4 Å². The summed E-state index contributed by atoms with van der Waals surface area (Å²) in [6, 6.07) is -0.291. The van der Waals surface area contributed by atoms with Crippen LogP contribution >= 0.6 is 11.6 Å². The molecule has 13 heavy (non-hydrogen) atoms. The number of rotatable bonds is 2. The minimum Gasteiger partial charge on any atom is -0.385 e. The minimum atomic E-state index is -1.04. The molecule has 0 atom stereocenters. The molecule has 1 aromatic heterocycles. The summed E-state index contributed by atoms with van der Waals surface area (Å²) in [5.41, 5.74) is 0. The largest absolute Gasteiger partial charge is 0.385 e. The number of ether oxygens (including phenoxy) is 1. The van der Waals surface area contributed by atoms with E-state index in [0.717, 1.165) is 13.3 Å². The van der Waals surface area contributed by atoms with Gasteiger partial charge in [-0.3, -0.25) is 4.79 Å². The Labute approximate surface area is 77.9 Å². The summed E-state index contributed by atoms with van der Waals surface area (Å²) in [7, 11) is 0. The minimum absolute atomic E-state index is 0.110. The van der Waals surface area contributed by atoms with Gasteiger partial charge in [0, 0.05) is 6.92 Å². The van der Waals surface area contributed by atoms with Crippen LogP contribution in [0.3, 0.4) is 0 Å². The normalized spacial score (nSPS) is 9.38. The Hall–Kier alpha value is -1.56. The summed E-state index contributed by atoms with van der Waals surface area (Å²) >= 11 is 5.37. The zero-order valence-electron chi connectivity index (χ0n) is 6.52. The van der Waals surface area contributed by atoms with E-state index in [1.807, 2.05) is 0 Å². The first-order valence-corrected chi connectivity index (χ1v) is 3.54. The van der Waals surface area contributed by atoms with E-state index >= 15 is 0 Å². The molecule has 0 aliphatic rings. The van der Waals surface area contributed by atoms with E-state index in [1.165, 1.54) is 0 Å². The highest BCUT2D eigenvalue weighted by Gasteiger charge is 2.12. The molecular formula is C6H4ClN3O3. The number of halogens is 1. The van der Waals surface area contributed by atoms with Gasteiger partial charge in [0.05, 0.1) is 0 Å². The van der Waals surface area contributed by atoms with Crippen molar-refractivity contribution in [2.24, 2.45) is 0 Å². The van der Waals surface area contributed by atoms with E-state index in [1.54, 1.807) is 0 Å². The number of ketones is 1. The third kappa shape index (κ3) is 2.75. The Balaban J connectivity index is 2.75. The molecule has 0 amide bonds. The molecule has 0 spiro atoms. The van der Waals surface area contributed by atoms with Crippen LogP contribution < -0.4 is 4.74 Å². The van der Waals surface area contributed by atoms with Gasteiger partial charge < -0.3 is 4.74 Å². The average Bonchev–Trinajstić information content (AvgIpc) is 2.04.